The Labute approximate surface area is 186 Å². The van der Waals surface area contributed by atoms with Crippen LogP contribution >= 0.6 is 24.4 Å². The minimum atomic E-state index is -0.332. The normalized spacial score (nSPS) is 11.0. The van der Waals surface area contributed by atoms with Gasteiger partial charge in [0, 0.05) is 23.9 Å². The lowest BCUT2D eigenvalue weighted by Crippen LogP contribution is -2.34. The summed E-state index contributed by atoms with van der Waals surface area (Å²) < 4.78 is 5.75. The predicted octanol–water partition coefficient (Wildman–Crippen LogP) is 3.82. The van der Waals surface area contributed by atoms with Crippen LogP contribution in [-0.2, 0) is 4.79 Å². The van der Waals surface area contributed by atoms with Gasteiger partial charge in [-0.05, 0) is 80.2 Å². The number of amides is 2. The highest BCUT2D eigenvalue weighted by molar-refractivity contribution is 7.80. The van der Waals surface area contributed by atoms with Gasteiger partial charge in [0.15, 0.2) is 10.2 Å². The summed E-state index contributed by atoms with van der Waals surface area (Å²) in [4.78, 5) is 23.4. The lowest BCUT2D eigenvalue weighted by Gasteiger charge is -2.14. The molecule has 0 unspecified atom stereocenters. The van der Waals surface area contributed by atoms with Crippen molar-refractivity contribution in [1.29, 1.82) is 0 Å². The molecule has 0 bridgehead atoms. The second-order valence-electron chi connectivity index (χ2n) is 6.49. The van der Waals surface area contributed by atoms with E-state index in [9.17, 15) is 9.59 Å². The van der Waals surface area contributed by atoms with Crippen molar-refractivity contribution in [3.05, 3.63) is 54.1 Å². The molecule has 7 nitrogen and oxygen atoms in total. The average Bonchev–Trinajstić information content (AvgIpc) is 2.68. The zero-order chi connectivity index (χ0) is 22.1. The lowest BCUT2D eigenvalue weighted by molar-refractivity contribution is -0.117. The van der Waals surface area contributed by atoms with Crippen LogP contribution in [0.5, 0.6) is 5.75 Å². The number of ether oxygens (including phenoxy) is 1. The van der Waals surface area contributed by atoms with Crippen molar-refractivity contribution < 1.29 is 14.3 Å². The van der Waals surface area contributed by atoms with E-state index < -0.39 is 0 Å². The smallest absolute Gasteiger partial charge is 0.257 e. The van der Waals surface area contributed by atoms with Gasteiger partial charge in [-0.25, -0.2) is 0 Å². The third-order valence-electron chi connectivity index (χ3n) is 3.93. The number of nitrogens with one attached hydrogen (secondary N) is 4. The molecule has 2 amide bonds. The molecule has 158 valence electrons. The number of carbonyl (C=O) groups excluding carboxylic acids is 2. The fourth-order valence-corrected chi connectivity index (χ4v) is 2.80. The van der Waals surface area contributed by atoms with Crippen LogP contribution in [0.3, 0.4) is 0 Å². The number of hydrogen-bond acceptors (Lipinski definition) is 5. The van der Waals surface area contributed by atoms with Crippen LogP contribution in [0.15, 0.2) is 48.5 Å². The summed E-state index contributed by atoms with van der Waals surface area (Å²) in [6.45, 7) is 5.39. The first kappa shape index (κ1) is 23.2. The van der Waals surface area contributed by atoms with Crippen molar-refractivity contribution in [2.24, 2.45) is 0 Å². The number of anilines is 2. The Morgan fingerprint density at radius 3 is 2.07 bits per heavy atom. The molecule has 0 heterocycles. The van der Waals surface area contributed by atoms with Crippen LogP contribution in [-0.4, -0.2) is 28.1 Å². The summed E-state index contributed by atoms with van der Waals surface area (Å²) >= 11 is 10.2. The van der Waals surface area contributed by atoms with E-state index in [4.69, 9.17) is 29.2 Å². The van der Waals surface area contributed by atoms with Crippen molar-refractivity contribution in [2.75, 3.05) is 10.6 Å². The molecule has 0 saturated carbocycles. The third-order valence-corrected chi connectivity index (χ3v) is 4.33. The summed E-state index contributed by atoms with van der Waals surface area (Å²) in [6.07, 6.45) is 0.939. The van der Waals surface area contributed by atoms with Crippen molar-refractivity contribution in [2.45, 2.75) is 33.3 Å². The first-order chi connectivity index (χ1) is 14.3. The minimum Gasteiger partial charge on any atom is -0.491 e. The molecule has 0 fully saturated rings. The molecule has 0 spiro atoms. The van der Waals surface area contributed by atoms with Crippen molar-refractivity contribution in [3.63, 3.8) is 0 Å². The standard InChI is InChI=1S/C21H24N4O3S2/c1-4-13(2)28-18-7-5-6-15(12-18)19(27)25-21(30)24-17-10-8-16(9-11-17)23-20(29)22-14(3)26/h5-13H,4H2,1-3H3,(H2,22,23,26,29)(H2,24,25,27,30)/t13-/m1/s1. The van der Waals surface area contributed by atoms with E-state index in [1.54, 1.807) is 42.5 Å². The molecule has 0 aliphatic heterocycles. The highest BCUT2D eigenvalue weighted by Crippen LogP contribution is 2.16. The van der Waals surface area contributed by atoms with Crippen molar-refractivity contribution in [3.8, 4) is 5.75 Å². The fraction of sp³-hybridized carbons (Fsp3) is 0.238. The summed E-state index contributed by atoms with van der Waals surface area (Å²) in [5.41, 5.74) is 1.84. The minimum absolute atomic E-state index is 0.0658. The maximum absolute atomic E-state index is 12.5. The number of rotatable bonds is 6. The maximum Gasteiger partial charge on any atom is 0.257 e. The topological polar surface area (TPSA) is 91.5 Å². The molecule has 0 radical (unpaired) electrons. The Morgan fingerprint density at radius 1 is 0.967 bits per heavy atom. The summed E-state index contributed by atoms with van der Waals surface area (Å²) in [5, 5.41) is 11.4. The zero-order valence-corrected chi connectivity index (χ0v) is 18.6. The Balaban J connectivity index is 1.91. The van der Waals surface area contributed by atoms with Crippen LogP contribution in [0, 0.1) is 0 Å². The van der Waals surface area contributed by atoms with Crippen LogP contribution in [0.2, 0.25) is 0 Å². The highest BCUT2D eigenvalue weighted by atomic mass is 32.1. The first-order valence-electron chi connectivity index (χ1n) is 9.34. The average molecular weight is 445 g/mol. The zero-order valence-electron chi connectivity index (χ0n) is 16.9. The lowest BCUT2D eigenvalue weighted by atomic mass is 10.2. The Morgan fingerprint density at radius 2 is 1.53 bits per heavy atom. The van der Waals surface area contributed by atoms with E-state index in [1.807, 2.05) is 19.9 Å². The molecule has 4 N–H and O–H groups in total. The van der Waals surface area contributed by atoms with Crippen LogP contribution in [0.4, 0.5) is 11.4 Å². The van der Waals surface area contributed by atoms with Gasteiger partial charge in [0.05, 0.1) is 6.10 Å². The quantitative estimate of drug-likeness (QED) is 0.504. The largest absolute Gasteiger partial charge is 0.491 e. The summed E-state index contributed by atoms with van der Waals surface area (Å²) in [7, 11) is 0. The highest BCUT2D eigenvalue weighted by Gasteiger charge is 2.10. The Hall–Kier alpha value is -3.04. The van der Waals surface area contributed by atoms with Gasteiger partial charge in [0.2, 0.25) is 5.91 Å². The number of carbonyl (C=O) groups is 2. The van der Waals surface area contributed by atoms with Gasteiger partial charge in [-0.2, -0.15) is 0 Å². The first-order valence-corrected chi connectivity index (χ1v) is 10.2. The van der Waals surface area contributed by atoms with E-state index in [-0.39, 0.29) is 28.1 Å². The number of benzene rings is 2. The fourth-order valence-electron chi connectivity index (χ4n) is 2.32. The molecule has 30 heavy (non-hydrogen) atoms. The summed E-state index contributed by atoms with van der Waals surface area (Å²) in [6, 6.07) is 14.0. The van der Waals surface area contributed by atoms with Gasteiger partial charge in [-0.15, -0.1) is 0 Å². The molecule has 2 aromatic carbocycles. The van der Waals surface area contributed by atoms with Gasteiger partial charge in [-0.1, -0.05) is 13.0 Å². The molecular weight excluding hydrogens is 420 g/mol. The summed E-state index contributed by atoms with van der Waals surface area (Å²) in [5.74, 6) is 0.0565. The van der Waals surface area contributed by atoms with Crippen molar-refractivity contribution >= 4 is 57.8 Å². The van der Waals surface area contributed by atoms with E-state index in [2.05, 4.69) is 21.3 Å². The molecule has 9 heteroatoms. The van der Waals surface area contributed by atoms with Gasteiger partial charge in [0.25, 0.3) is 5.91 Å². The van der Waals surface area contributed by atoms with E-state index in [0.29, 0.717) is 22.7 Å². The van der Waals surface area contributed by atoms with Gasteiger partial charge >= 0.3 is 0 Å². The van der Waals surface area contributed by atoms with Crippen LogP contribution < -0.4 is 26.0 Å². The van der Waals surface area contributed by atoms with E-state index in [1.165, 1.54) is 6.92 Å². The van der Waals surface area contributed by atoms with Gasteiger partial charge in [-0.3, -0.25) is 14.9 Å². The predicted molar refractivity (Wildman–Crippen MR) is 127 cm³/mol. The third kappa shape index (κ3) is 7.76. The molecule has 0 aromatic heterocycles. The molecule has 2 rings (SSSR count). The molecule has 0 aliphatic carbocycles. The Bertz CT molecular complexity index is 932. The van der Waals surface area contributed by atoms with E-state index >= 15 is 0 Å². The maximum atomic E-state index is 12.5. The molecule has 1 atom stereocenters. The second-order valence-corrected chi connectivity index (χ2v) is 7.30. The van der Waals surface area contributed by atoms with Crippen LogP contribution in [0.1, 0.15) is 37.6 Å². The van der Waals surface area contributed by atoms with E-state index in [0.717, 1.165) is 6.42 Å². The molecule has 2 aromatic rings. The number of hydrogen-bond donors (Lipinski definition) is 4. The monoisotopic (exact) mass is 444 g/mol. The van der Waals surface area contributed by atoms with Gasteiger partial charge in [0.1, 0.15) is 5.75 Å². The Kier molecular flexibility index (Phi) is 8.70. The van der Waals surface area contributed by atoms with Crippen LogP contribution in [0.25, 0.3) is 0 Å². The molecule has 0 aliphatic rings. The SMILES string of the molecule is CC[C@@H](C)Oc1cccc(C(=O)NC(=S)Nc2ccc(NC(=S)NC(C)=O)cc2)c1. The second kappa shape index (κ2) is 11.2. The van der Waals surface area contributed by atoms with Gasteiger partial charge < -0.3 is 20.7 Å². The number of thiocarbonyl (C=S) groups is 2. The molecular formula is C21H24N4O3S2. The molecule has 0 saturated heterocycles. The van der Waals surface area contributed by atoms with Crippen molar-refractivity contribution in [1.82, 2.24) is 10.6 Å².